The molecule has 43 heavy (non-hydrogen) atoms. The molecule has 2 aromatic carbocycles. The van der Waals surface area contributed by atoms with Crippen LogP contribution in [-0.4, -0.2) is 72.8 Å². The molecular formula is C27H21FN6O8S. The van der Waals surface area contributed by atoms with E-state index in [2.05, 4.69) is 25.9 Å². The second-order valence-corrected chi connectivity index (χ2v) is 10.1. The number of hydrogen-bond donors (Lipinski definition) is 3. The number of amides is 1. The van der Waals surface area contributed by atoms with Gasteiger partial charge in [0.05, 0.1) is 36.3 Å². The Hall–Kier alpha value is -5.51. The number of carbonyl (C=O) groups is 4. The highest BCUT2D eigenvalue weighted by atomic mass is 32.1. The summed E-state index contributed by atoms with van der Waals surface area (Å²) in [5.41, 5.74) is -0.340. The van der Waals surface area contributed by atoms with E-state index in [1.165, 1.54) is 36.6 Å². The van der Waals surface area contributed by atoms with Crippen molar-refractivity contribution >= 4 is 56.4 Å². The maximum absolute atomic E-state index is 14.9. The minimum atomic E-state index is -1.45. The van der Waals surface area contributed by atoms with E-state index >= 15 is 0 Å². The highest BCUT2D eigenvalue weighted by Gasteiger charge is 2.20. The van der Waals surface area contributed by atoms with Gasteiger partial charge in [0.25, 0.3) is 5.91 Å². The number of nitrogens with one attached hydrogen (secondary N) is 1. The van der Waals surface area contributed by atoms with Gasteiger partial charge in [-0.15, -0.1) is 26.2 Å². The quantitative estimate of drug-likeness (QED) is 0.175. The van der Waals surface area contributed by atoms with Crippen LogP contribution in [0.3, 0.4) is 0 Å². The fourth-order valence-corrected chi connectivity index (χ4v) is 5.16. The van der Waals surface area contributed by atoms with E-state index in [-0.39, 0.29) is 48.6 Å². The van der Waals surface area contributed by atoms with Crippen LogP contribution < -0.4 is 14.8 Å². The van der Waals surface area contributed by atoms with Gasteiger partial charge in [0.15, 0.2) is 28.6 Å². The summed E-state index contributed by atoms with van der Waals surface area (Å²) in [5, 5.41) is 36.3. The van der Waals surface area contributed by atoms with Crippen molar-refractivity contribution in [2.45, 2.75) is 19.3 Å². The molecular weight excluding hydrogens is 587 g/mol. The third-order valence-electron chi connectivity index (χ3n) is 6.24. The van der Waals surface area contributed by atoms with E-state index in [9.17, 15) is 28.7 Å². The number of aromatic carboxylic acids is 1. The maximum atomic E-state index is 14.9. The number of nitrogens with zero attached hydrogens (tertiary/aromatic N) is 5. The number of aromatic nitrogens is 5. The molecule has 0 radical (unpaired) electrons. The fraction of sp³-hybridized carbons (Fsp3) is 0.185. The summed E-state index contributed by atoms with van der Waals surface area (Å²) >= 11 is 1.20. The molecule has 0 bridgehead atoms. The van der Waals surface area contributed by atoms with Gasteiger partial charge in [-0.25, -0.2) is 9.18 Å². The number of aliphatic carboxylic acids is 1. The predicted octanol–water partition coefficient (Wildman–Crippen LogP) is 3.50. The van der Waals surface area contributed by atoms with Gasteiger partial charge < -0.3 is 25.0 Å². The van der Waals surface area contributed by atoms with E-state index in [0.29, 0.717) is 27.4 Å². The summed E-state index contributed by atoms with van der Waals surface area (Å²) in [4.78, 5) is 48.2. The Labute approximate surface area is 244 Å². The summed E-state index contributed by atoms with van der Waals surface area (Å²) in [6.45, 7) is -0.0509. The van der Waals surface area contributed by atoms with Crippen LogP contribution in [0.15, 0.2) is 42.5 Å². The van der Waals surface area contributed by atoms with Crippen molar-refractivity contribution in [1.82, 2.24) is 25.3 Å². The lowest BCUT2D eigenvalue weighted by Crippen LogP contribution is -2.18. The summed E-state index contributed by atoms with van der Waals surface area (Å²) in [6.07, 6.45) is -0.400. The second-order valence-electron chi connectivity index (χ2n) is 9.06. The van der Waals surface area contributed by atoms with Gasteiger partial charge >= 0.3 is 11.9 Å². The topological polar surface area (TPSA) is 195 Å². The summed E-state index contributed by atoms with van der Waals surface area (Å²) in [6, 6.07) is 9.81. The zero-order valence-electron chi connectivity index (χ0n) is 22.2. The first kappa shape index (κ1) is 29.0. The zero-order valence-corrected chi connectivity index (χ0v) is 23.1. The first-order valence-electron chi connectivity index (χ1n) is 12.5. The molecule has 0 fully saturated rings. The van der Waals surface area contributed by atoms with Crippen molar-refractivity contribution in [3.63, 3.8) is 0 Å². The number of carbonyl (C=O) groups excluding carboxylic acids is 2. The summed E-state index contributed by atoms with van der Waals surface area (Å²) in [5.74, 6) is -3.69. The number of fused-ring (bicyclic) bond motifs is 2. The molecule has 14 nitrogen and oxygen atoms in total. The molecule has 1 amide bonds. The van der Waals surface area contributed by atoms with E-state index in [1.807, 2.05) is 0 Å². The summed E-state index contributed by atoms with van der Waals surface area (Å²) < 4.78 is 27.9. The molecule has 5 rings (SSSR count). The van der Waals surface area contributed by atoms with Gasteiger partial charge in [-0.3, -0.25) is 14.4 Å². The Balaban J connectivity index is 1.32. The van der Waals surface area contributed by atoms with Gasteiger partial charge in [0.2, 0.25) is 0 Å². The minimum absolute atomic E-state index is 0.00676. The van der Waals surface area contributed by atoms with E-state index < -0.39 is 29.2 Å². The molecule has 5 aromatic rings. The molecule has 0 spiro atoms. The van der Waals surface area contributed by atoms with Crippen LogP contribution in [0.25, 0.3) is 15.7 Å². The molecule has 0 unspecified atom stereocenters. The largest absolute Gasteiger partial charge is 0.493 e. The van der Waals surface area contributed by atoms with E-state index in [0.717, 1.165) is 15.4 Å². The first-order chi connectivity index (χ1) is 20.6. The van der Waals surface area contributed by atoms with Crippen molar-refractivity contribution in [2.75, 3.05) is 19.0 Å². The zero-order chi connectivity index (χ0) is 30.7. The van der Waals surface area contributed by atoms with Crippen molar-refractivity contribution < 1.29 is 43.3 Å². The molecule has 3 aromatic heterocycles. The normalized spacial score (nSPS) is 11.0. The van der Waals surface area contributed by atoms with Gasteiger partial charge in [-0.05, 0) is 57.8 Å². The molecule has 0 saturated carbocycles. The monoisotopic (exact) mass is 608 g/mol. The van der Waals surface area contributed by atoms with Crippen molar-refractivity contribution in [3.05, 3.63) is 70.0 Å². The number of thiophene rings is 1. The average molecular weight is 609 g/mol. The average Bonchev–Trinajstić information content (AvgIpc) is 3.62. The molecule has 0 aliphatic heterocycles. The van der Waals surface area contributed by atoms with Gasteiger partial charge in [0.1, 0.15) is 5.82 Å². The molecule has 3 heterocycles. The lowest BCUT2D eigenvalue weighted by molar-refractivity contribution is -0.136. The summed E-state index contributed by atoms with van der Waals surface area (Å²) in [7, 11) is 1.44. The molecule has 16 heteroatoms. The van der Waals surface area contributed by atoms with Gasteiger partial charge in [-0.2, -0.15) is 0 Å². The Morgan fingerprint density at radius 3 is 2.60 bits per heavy atom. The smallest absolute Gasteiger partial charge is 0.337 e. The highest BCUT2D eigenvalue weighted by molar-refractivity contribution is 7.20. The highest BCUT2D eigenvalue weighted by Crippen LogP contribution is 2.37. The molecule has 0 aliphatic rings. The number of benzene rings is 2. The molecule has 0 aliphatic carbocycles. The molecule has 0 saturated heterocycles. The van der Waals surface area contributed by atoms with Crippen molar-refractivity contribution in [1.29, 1.82) is 0 Å². The third kappa shape index (κ3) is 6.38. The lowest BCUT2D eigenvalue weighted by Gasteiger charge is -2.14. The number of anilines is 1. The maximum Gasteiger partial charge on any atom is 0.337 e. The second kappa shape index (κ2) is 12.2. The van der Waals surface area contributed by atoms with Crippen LogP contribution in [0.2, 0.25) is 0 Å². The standard InChI is InChI=1S/C27H21FN6O8S/c1-41-20-12-22-14(10-23(43-22)19(35)3-5-25(36)37)9-21(20)42-7-6-13-8-18(15(27(39)40)11-16(13)28)29-26(38)17-2-4-24-30-32-33-34(24)31-17/h2,4,8-12H,3,5-7H2,1H3,(H,29,38)(H,36,37)(H,39,40). The number of rotatable bonds is 12. The predicted molar refractivity (Wildman–Crippen MR) is 149 cm³/mol. The van der Waals surface area contributed by atoms with Crippen LogP contribution in [0.1, 0.15) is 48.9 Å². The van der Waals surface area contributed by atoms with Crippen molar-refractivity contribution in [3.8, 4) is 11.5 Å². The number of Topliss-reactive ketones (excluding diaryl/α,β-unsaturated/α-hetero) is 1. The molecule has 3 N–H and O–H groups in total. The molecule has 220 valence electrons. The van der Waals surface area contributed by atoms with Crippen LogP contribution in [0.5, 0.6) is 11.5 Å². The Kier molecular flexibility index (Phi) is 8.20. The van der Waals surface area contributed by atoms with Crippen LogP contribution in [-0.2, 0) is 11.2 Å². The number of ketones is 1. The number of ether oxygens (including phenoxy) is 2. The third-order valence-corrected chi connectivity index (χ3v) is 7.38. The Bertz CT molecular complexity index is 1910. The number of halogens is 1. The number of methoxy groups -OCH3 is 1. The number of tetrazole rings is 1. The van der Waals surface area contributed by atoms with Crippen LogP contribution in [0.4, 0.5) is 10.1 Å². The number of hydrogen-bond acceptors (Lipinski definition) is 11. The Morgan fingerprint density at radius 2 is 1.86 bits per heavy atom. The van der Waals surface area contributed by atoms with Crippen molar-refractivity contribution in [2.24, 2.45) is 0 Å². The minimum Gasteiger partial charge on any atom is -0.493 e. The van der Waals surface area contributed by atoms with Gasteiger partial charge in [-0.1, -0.05) is 0 Å². The molecule has 0 atom stereocenters. The number of carboxylic acid groups (broad SMARTS) is 2. The fourth-order valence-electron chi connectivity index (χ4n) is 4.12. The van der Waals surface area contributed by atoms with Crippen LogP contribution >= 0.6 is 11.3 Å². The number of carboxylic acids is 2. The Morgan fingerprint density at radius 1 is 1.05 bits per heavy atom. The SMILES string of the molecule is COc1cc2sc(C(=O)CCC(=O)O)cc2cc1OCCc1cc(NC(=O)c2ccc3nnnn3n2)c(C(=O)O)cc1F. The van der Waals surface area contributed by atoms with Gasteiger partial charge in [0, 0.05) is 23.6 Å². The van der Waals surface area contributed by atoms with E-state index in [1.54, 1.807) is 18.2 Å². The van der Waals surface area contributed by atoms with Crippen LogP contribution in [0, 0.1) is 5.82 Å². The first-order valence-corrected chi connectivity index (χ1v) is 13.4. The lowest BCUT2D eigenvalue weighted by atomic mass is 10.1. The van der Waals surface area contributed by atoms with E-state index in [4.69, 9.17) is 14.6 Å².